The first-order chi connectivity index (χ1) is 11.1. The van der Waals surface area contributed by atoms with Crippen LogP contribution in [-0.4, -0.2) is 37.1 Å². The molecule has 0 amide bonds. The normalized spacial score (nSPS) is 11.0. The number of unbranched alkanes of at least 4 members (excludes halogenated alkanes) is 14. The van der Waals surface area contributed by atoms with Gasteiger partial charge in [-0.2, -0.15) is 0 Å². The highest BCUT2D eigenvalue weighted by atomic mass is 79.9. The van der Waals surface area contributed by atoms with Crippen LogP contribution in [-0.2, 0) is 0 Å². The first-order valence-electron chi connectivity index (χ1n) is 10.9. The van der Waals surface area contributed by atoms with Gasteiger partial charge in [-0.15, -0.1) is 0 Å². The van der Waals surface area contributed by atoms with E-state index in [0.29, 0.717) is 0 Å². The van der Waals surface area contributed by atoms with Crippen LogP contribution in [0.1, 0.15) is 117 Å². The van der Waals surface area contributed by atoms with Crippen molar-refractivity contribution in [3.63, 3.8) is 0 Å². The summed E-state index contributed by atoms with van der Waals surface area (Å²) < 4.78 is 1.24. The Labute approximate surface area is 170 Å². The van der Waals surface area contributed by atoms with Crippen molar-refractivity contribution in [1.82, 2.24) is 0 Å². The first kappa shape index (κ1) is 30.1. The van der Waals surface area contributed by atoms with Crippen molar-refractivity contribution in [2.45, 2.75) is 117 Å². The number of halogens is 1. The predicted molar refractivity (Wildman–Crippen MR) is 111 cm³/mol. The van der Waals surface area contributed by atoms with Gasteiger partial charge in [0.25, 0.3) is 0 Å². The highest BCUT2D eigenvalue weighted by molar-refractivity contribution is 4.48. The summed E-state index contributed by atoms with van der Waals surface area (Å²) in [5, 5.41) is 0. The van der Waals surface area contributed by atoms with E-state index in [9.17, 15) is 0 Å². The van der Waals surface area contributed by atoms with Crippen LogP contribution in [0.2, 0.25) is 0 Å². The molecule has 25 heavy (non-hydrogen) atoms. The highest BCUT2D eigenvalue weighted by Gasteiger charge is 2.13. The van der Waals surface area contributed by atoms with E-state index in [0.717, 1.165) is 0 Å². The van der Waals surface area contributed by atoms with Crippen molar-refractivity contribution in [3.05, 3.63) is 0 Å². The summed E-state index contributed by atoms with van der Waals surface area (Å²) in [6, 6.07) is 0. The molecule has 0 saturated carbocycles. The zero-order valence-corrected chi connectivity index (χ0v) is 19.6. The van der Waals surface area contributed by atoms with Gasteiger partial charge in [-0.3, -0.25) is 0 Å². The second kappa shape index (κ2) is 22.4. The van der Waals surface area contributed by atoms with Gasteiger partial charge in [0.15, 0.2) is 0 Å². The maximum absolute atomic E-state index is 2.43. The summed E-state index contributed by atoms with van der Waals surface area (Å²) in [7, 11) is 4.87. The lowest BCUT2D eigenvalue weighted by molar-refractivity contribution is -0.890. The Morgan fingerprint density at radius 1 is 0.440 bits per heavy atom. The van der Waals surface area contributed by atoms with E-state index in [-0.39, 0.29) is 22.5 Å². The SMILES string of the molecule is CCCCCCCCCC[N+](C)(C)CCCCCCCCCC.O.[Br-]. The summed E-state index contributed by atoms with van der Waals surface area (Å²) in [6.07, 6.45) is 23.0. The number of nitrogens with zero attached hydrogens (tertiary/aromatic N) is 1. The third kappa shape index (κ3) is 24.4. The molecule has 0 aliphatic heterocycles. The summed E-state index contributed by atoms with van der Waals surface area (Å²) in [6.45, 7) is 7.36. The molecule has 0 heterocycles. The monoisotopic (exact) mass is 423 g/mol. The molecule has 0 aliphatic rings. The van der Waals surface area contributed by atoms with E-state index in [1.54, 1.807) is 0 Å². The van der Waals surface area contributed by atoms with Crippen LogP contribution in [0.4, 0.5) is 0 Å². The molecule has 0 fully saturated rings. The molecule has 2 N–H and O–H groups in total. The minimum atomic E-state index is 0. The van der Waals surface area contributed by atoms with E-state index in [1.807, 2.05) is 0 Å². The Balaban J connectivity index is -0.00000242. The molecule has 0 aromatic carbocycles. The first-order valence-corrected chi connectivity index (χ1v) is 10.9. The van der Waals surface area contributed by atoms with Crippen LogP contribution in [0.3, 0.4) is 0 Å². The van der Waals surface area contributed by atoms with E-state index >= 15 is 0 Å². The molecular formula is C22H50BrNO. The lowest BCUT2D eigenvalue weighted by Gasteiger charge is -2.30. The molecule has 0 aromatic heterocycles. The molecule has 0 aliphatic carbocycles. The highest BCUT2D eigenvalue weighted by Crippen LogP contribution is 2.13. The quantitative estimate of drug-likeness (QED) is 0.238. The number of rotatable bonds is 18. The predicted octanol–water partition coefficient (Wildman–Crippen LogP) is 3.52. The summed E-state index contributed by atoms with van der Waals surface area (Å²) >= 11 is 0. The smallest absolute Gasteiger partial charge is 0.0782 e. The van der Waals surface area contributed by atoms with Crippen LogP contribution < -0.4 is 17.0 Å². The summed E-state index contributed by atoms with van der Waals surface area (Å²) in [5.74, 6) is 0. The lowest BCUT2D eigenvalue weighted by atomic mass is 10.1. The van der Waals surface area contributed by atoms with Crippen molar-refractivity contribution in [2.75, 3.05) is 27.2 Å². The van der Waals surface area contributed by atoms with E-state index in [1.165, 1.54) is 120 Å². The van der Waals surface area contributed by atoms with Gasteiger partial charge in [-0.05, 0) is 25.7 Å². The molecule has 0 aromatic rings. The largest absolute Gasteiger partial charge is 1.00 e. The molecule has 0 spiro atoms. The molecule has 0 radical (unpaired) electrons. The second-order valence-corrected chi connectivity index (χ2v) is 8.33. The van der Waals surface area contributed by atoms with Crippen molar-refractivity contribution in [1.29, 1.82) is 0 Å². The zero-order valence-electron chi connectivity index (χ0n) is 18.1. The van der Waals surface area contributed by atoms with Gasteiger partial charge in [-0.1, -0.05) is 90.9 Å². The van der Waals surface area contributed by atoms with Gasteiger partial charge < -0.3 is 26.9 Å². The van der Waals surface area contributed by atoms with E-state index in [2.05, 4.69) is 27.9 Å². The van der Waals surface area contributed by atoms with E-state index in [4.69, 9.17) is 0 Å². The standard InChI is InChI=1S/C22H48N.BrH.H2O/c1-5-7-9-11-13-15-17-19-21-23(3,4)22-20-18-16-14-12-10-8-6-2;;/h5-22H2,1-4H3;1H;1H2/q+1;;/p-1. The van der Waals surface area contributed by atoms with Crippen LogP contribution in [0, 0.1) is 0 Å². The van der Waals surface area contributed by atoms with Crippen LogP contribution >= 0.6 is 0 Å². The Hall–Kier alpha value is 0.400. The molecule has 0 atom stereocenters. The Morgan fingerprint density at radius 3 is 0.960 bits per heavy atom. The van der Waals surface area contributed by atoms with Crippen molar-refractivity contribution < 1.29 is 26.9 Å². The average Bonchev–Trinajstić information content (AvgIpc) is 2.52. The fourth-order valence-corrected chi connectivity index (χ4v) is 3.46. The maximum atomic E-state index is 2.43. The summed E-state index contributed by atoms with van der Waals surface area (Å²) in [4.78, 5) is 0. The van der Waals surface area contributed by atoms with Gasteiger partial charge in [-0.25, -0.2) is 0 Å². The summed E-state index contributed by atoms with van der Waals surface area (Å²) in [5.41, 5.74) is 0. The molecule has 156 valence electrons. The second-order valence-electron chi connectivity index (χ2n) is 8.33. The van der Waals surface area contributed by atoms with Crippen LogP contribution in [0.25, 0.3) is 0 Å². The molecular weight excluding hydrogens is 374 g/mol. The fourth-order valence-electron chi connectivity index (χ4n) is 3.46. The fraction of sp³-hybridized carbons (Fsp3) is 1.00. The van der Waals surface area contributed by atoms with Crippen molar-refractivity contribution in [3.8, 4) is 0 Å². The molecule has 3 heteroatoms. The average molecular weight is 425 g/mol. The van der Waals surface area contributed by atoms with Gasteiger partial charge in [0.1, 0.15) is 0 Å². The Morgan fingerprint density at radius 2 is 0.680 bits per heavy atom. The maximum Gasteiger partial charge on any atom is 0.0782 e. The third-order valence-electron chi connectivity index (χ3n) is 5.23. The molecule has 2 nitrogen and oxygen atoms in total. The minimum absolute atomic E-state index is 0. The van der Waals surface area contributed by atoms with E-state index < -0.39 is 0 Å². The minimum Gasteiger partial charge on any atom is -1.00 e. The van der Waals surface area contributed by atoms with Gasteiger partial charge in [0.2, 0.25) is 0 Å². The number of quaternary nitrogens is 1. The van der Waals surface area contributed by atoms with Crippen molar-refractivity contribution >= 4 is 0 Å². The number of hydrogen-bond donors (Lipinski definition) is 0. The topological polar surface area (TPSA) is 31.5 Å². The lowest BCUT2D eigenvalue weighted by Crippen LogP contribution is -3.00. The Kier molecular flexibility index (Phi) is 27.1. The molecule has 0 saturated heterocycles. The van der Waals surface area contributed by atoms with Crippen LogP contribution in [0.5, 0.6) is 0 Å². The number of hydrogen-bond acceptors (Lipinski definition) is 0. The zero-order chi connectivity index (χ0) is 17.2. The molecule has 0 unspecified atom stereocenters. The third-order valence-corrected chi connectivity index (χ3v) is 5.23. The van der Waals surface area contributed by atoms with Crippen molar-refractivity contribution in [2.24, 2.45) is 0 Å². The van der Waals surface area contributed by atoms with Gasteiger partial charge in [0.05, 0.1) is 27.2 Å². The van der Waals surface area contributed by atoms with Gasteiger partial charge in [0, 0.05) is 0 Å². The van der Waals surface area contributed by atoms with Crippen LogP contribution in [0.15, 0.2) is 0 Å². The Bertz CT molecular complexity index is 212. The van der Waals surface area contributed by atoms with Gasteiger partial charge >= 0.3 is 0 Å². The molecule has 0 rings (SSSR count). The molecule has 0 bridgehead atoms.